The first-order valence-corrected chi connectivity index (χ1v) is 7.95. The van der Waals surface area contributed by atoms with Gasteiger partial charge in [-0.15, -0.1) is 0 Å². The van der Waals surface area contributed by atoms with Crippen LogP contribution in [0.5, 0.6) is 0 Å². The SMILES string of the molecule is N=CC1C(=NCCN)CCCC1NC(=O)OCc1ccccc1. The summed E-state index contributed by atoms with van der Waals surface area (Å²) in [7, 11) is 0. The molecular weight excluding hydrogens is 292 g/mol. The molecule has 0 spiro atoms. The summed E-state index contributed by atoms with van der Waals surface area (Å²) < 4.78 is 5.26. The highest BCUT2D eigenvalue weighted by Gasteiger charge is 2.30. The largest absolute Gasteiger partial charge is 0.445 e. The molecule has 0 aliphatic heterocycles. The van der Waals surface area contributed by atoms with Crippen LogP contribution in [0.1, 0.15) is 24.8 Å². The van der Waals surface area contributed by atoms with Gasteiger partial charge in [-0.05, 0) is 24.8 Å². The number of benzene rings is 1. The van der Waals surface area contributed by atoms with Gasteiger partial charge in [-0.2, -0.15) is 0 Å². The number of nitrogens with two attached hydrogens (primary N) is 1. The smallest absolute Gasteiger partial charge is 0.407 e. The van der Waals surface area contributed by atoms with E-state index < -0.39 is 6.09 Å². The zero-order valence-electron chi connectivity index (χ0n) is 13.2. The molecule has 6 heteroatoms. The number of hydrogen-bond acceptors (Lipinski definition) is 5. The van der Waals surface area contributed by atoms with Crippen molar-refractivity contribution in [2.75, 3.05) is 13.1 Å². The van der Waals surface area contributed by atoms with Crippen molar-refractivity contribution in [3.63, 3.8) is 0 Å². The summed E-state index contributed by atoms with van der Waals surface area (Å²) in [5.74, 6) is -0.167. The van der Waals surface area contributed by atoms with Crippen LogP contribution in [0.2, 0.25) is 0 Å². The van der Waals surface area contributed by atoms with Crippen LogP contribution in [-0.2, 0) is 11.3 Å². The molecule has 23 heavy (non-hydrogen) atoms. The minimum absolute atomic E-state index is 0.138. The Morgan fingerprint density at radius 1 is 1.43 bits per heavy atom. The summed E-state index contributed by atoms with van der Waals surface area (Å²) in [6.07, 6.45) is 3.53. The number of amides is 1. The van der Waals surface area contributed by atoms with Crippen molar-refractivity contribution in [1.82, 2.24) is 5.32 Å². The van der Waals surface area contributed by atoms with E-state index in [0.717, 1.165) is 30.5 Å². The lowest BCUT2D eigenvalue weighted by Gasteiger charge is -2.30. The summed E-state index contributed by atoms with van der Waals surface area (Å²) in [5.41, 5.74) is 7.38. The van der Waals surface area contributed by atoms with Crippen molar-refractivity contribution in [3.8, 4) is 0 Å². The molecule has 2 rings (SSSR count). The van der Waals surface area contributed by atoms with Crippen molar-refractivity contribution < 1.29 is 9.53 Å². The van der Waals surface area contributed by atoms with E-state index in [1.807, 2.05) is 30.3 Å². The fourth-order valence-corrected chi connectivity index (χ4v) is 2.76. The highest BCUT2D eigenvalue weighted by Crippen LogP contribution is 2.21. The van der Waals surface area contributed by atoms with Crippen LogP contribution >= 0.6 is 0 Å². The minimum atomic E-state index is -0.453. The molecule has 1 amide bonds. The maximum atomic E-state index is 12.0. The molecule has 0 bridgehead atoms. The molecule has 0 aromatic heterocycles. The Labute approximate surface area is 136 Å². The van der Waals surface area contributed by atoms with Gasteiger partial charge in [0, 0.05) is 24.5 Å². The minimum Gasteiger partial charge on any atom is -0.445 e. The lowest BCUT2D eigenvalue weighted by molar-refractivity contribution is 0.134. The molecule has 6 nitrogen and oxygen atoms in total. The third-order valence-electron chi connectivity index (χ3n) is 3.91. The molecule has 0 saturated heterocycles. The fraction of sp³-hybridized carbons (Fsp3) is 0.471. The Bertz CT molecular complexity index is 545. The van der Waals surface area contributed by atoms with Crippen molar-refractivity contribution in [2.45, 2.75) is 31.9 Å². The van der Waals surface area contributed by atoms with Crippen molar-refractivity contribution >= 4 is 18.0 Å². The lowest BCUT2D eigenvalue weighted by atomic mass is 9.83. The highest BCUT2D eigenvalue weighted by molar-refractivity contribution is 5.99. The zero-order chi connectivity index (χ0) is 16.5. The Kier molecular flexibility index (Phi) is 6.75. The third-order valence-corrected chi connectivity index (χ3v) is 3.91. The molecule has 1 aliphatic rings. The molecule has 1 saturated carbocycles. The first kappa shape index (κ1) is 17.1. The summed E-state index contributed by atoms with van der Waals surface area (Å²) in [6, 6.07) is 9.41. The normalized spacial score (nSPS) is 22.6. The van der Waals surface area contributed by atoms with E-state index in [1.54, 1.807) is 0 Å². The molecule has 2 unspecified atom stereocenters. The zero-order valence-corrected chi connectivity index (χ0v) is 13.2. The lowest BCUT2D eigenvalue weighted by Crippen LogP contribution is -2.46. The predicted molar refractivity (Wildman–Crippen MR) is 91.0 cm³/mol. The second kappa shape index (κ2) is 9.05. The number of nitrogens with one attached hydrogen (secondary N) is 2. The van der Waals surface area contributed by atoms with Crippen molar-refractivity contribution in [3.05, 3.63) is 35.9 Å². The topological polar surface area (TPSA) is 101 Å². The Morgan fingerprint density at radius 2 is 2.22 bits per heavy atom. The Balaban J connectivity index is 1.89. The van der Waals surface area contributed by atoms with Crippen LogP contribution in [0.3, 0.4) is 0 Å². The summed E-state index contributed by atoms with van der Waals surface area (Å²) >= 11 is 0. The average Bonchev–Trinajstić information content (AvgIpc) is 2.59. The van der Waals surface area contributed by atoms with Crippen molar-refractivity contribution in [1.29, 1.82) is 5.41 Å². The molecule has 0 radical (unpaired) electrons. The van der Waals surface area contributed by atoms with E-state index >= 15 is 0 Å². The summed E-state index contributed by atoms with van der Waals surface area (Å²) in [5, 5.41) is 10.5. The maximum absolute atomic E-state index is 12.0. The summed E-state index contributed by atoms with van der Waals surface area (Å²) in [6.45, 7) is 1.29. The molecule has 0 heterocycles. The van der Waals surface area contributed by atoms with E-state index in [4.69, 9.17) is 15.9 Å². The monoisotopic (exact) mass is 316 g/mol. The molecule has 1 aromatic rings. The second-order valence-electron chi connectivity index (χ2n) is 5.56. The molecule has 124 valence electrons. The molecule has 4 N–H and O–H groups in total. The first-order chi connectivity index (χ1) is 11.2. The Morgan fingerprint density at radius 3 is 2.91 bits per heavy atom. The number of carbonyl (C=O) groups excluding carboxylic acids is 1. The molecular formula is C17H24N4O2. The molecule has 1 aromatic carbocycles. The fourth-order valence-electron chi connectivity index (χ4n) is 2.76. The van der Waals surface area contributed by atoms with Gasteiger partial charge in [0.2, 0.25) is 0 Å². The quantitative estimate of drug-likeness (QED) is 0.701. The number of ether oxygens (including phenoxy) is 1. The number of carbonyl (C=O) groups is 1. The Hall–Kier alpha value is -2.21. The van der Waals surface area contributed by atoms with Gasteiger partial charge in [0.05, 0.1) is 12.5 Å². The number of alkyl carbamates (subject to hydrolysis) is 1. The van der Waals surface area contributed by atoms with E-state index in [0.29, 0.717) is 13.1 Å². The van der Waals surface area contributed by atoms with Gasteiger partial charge in [0.25, 0.3) is 0 Å². The van der Waals surface area contributed by atoms with Gasteiger partial charge in [0.1, 0.15) is 6.61 Å². The molecule has 1 fully saturated rings. The number of hydrogen-bond donors (Lipinski definition) is 3. The van der Waals surface area contributed by atoms with E-state index in [1.165, 1.54) is 6.21 Å². The third kappa shape index (κ3) is 5.17. The standard InChI is InChI=1S/C17H24N4O2/c18-9-10-20-15-7-4-8-16(14(15)11-19)21-17(22)23-12-13-5-2-1-3-6-13/h1-3,5-6,11,14,16,19H,4,7-10,12,18H2,(H,21,22). The van der Waals surface area contributed by atoms with Crippen LogP contribution in [-0.4, -0.2) is 37.2 Å². The van der Waals surface area contributed by atoms with Gasteiger partial charge in [-0.3, -0.25) is 4.99 Å². The highest BCUT2D eigenvalue weighted by atomic mass is 16.5. The van der Waals surface area contributed by atoms with Gasteiger partial charge in [-0.25, -0.2) is 4.79 Å². The van der Waals surface area contributed by atoms with Gasteiger partial charge < -0.3 is 21.2 Å². The van der Waals surface area contributed by atoms with Crippen LogP contribution in [0.4, 0.5) is 4.79 Å². The number of nitrogens with zero attached hydrogens (tertiary/aromatic N) is 1. The van der Waals surface area contributed by atoms with Gasteiger partial charge >= 0.3 is 6.09 Å². The molecule has 1 aliphatic carbocycles. The second-order valence-corrected chi connectivity index (χ2v) is 5.56. The van der Waals surface area contributed by atoms with Gasteiger partial charge in [0.15, 0.2) is 0 Å². The predicted octanol–water partition coefficient (Wildman–Crippen LogP) is 2.13. The first-order valence-electron chi connectivity index (χ1n) is 7.95. The van der Waals surface area contributed by atoms with Crippen LogP contribution in [0.15, 0.2) is 35.3 Å². The maximum Gasteiger partial charge on any atom is 0.407 e. The van der Waals surface area contributed by atoms with Crippen LogP contribution < -0.4 is 11.1 Å². The van der Waals surface area contributed by atoms with E-state index in [9.17, 15) is 4.79 Å². The van der Waals surface area contributed by atoms with Crippen molar-refractivity contribution in [2.24, 2.45) is 16.6 Å². The van der Waals surface area contributed by atoms with E-state index in [2.05, 4.69) is 10.3 Å². The summed E-state index contributed by atoms with van der Waals surface area (Å²) in [4.78, 5) is 16.5. The number of aliphatic imine (C=N–C) groups is 1. The average molecular weight is 316 g/mol. The number of rotatable bonds is 6. The van der Waals surface area contributed by atoms with Gasteiger partial charge in [-0.1, -0.05) is 30.3 Å². The molecule has 2 atom stereocenters. The van der Waals surface area contributed by atoms with E-state index in [-0.39, 0.29) is 18.6 Å². The van der Waals surface area contributed by atoms with Crippen LogP contribution in [0.25, 0.3) is 0 Å². The van der Waals surface area contributed by atoms with Crippen LogP contribution in [0, 0.1) is 11.3 Å².